The fourth-order valence-electron chi connectivity index (χ4n) is 1.59. The van der Waals surface area contributed by atoms with Crippen molar-refractivity contribution < 1.29 is 4.74 Å². The lowest BCUT2D eigenvalue weighted by Crippen LogP contribution is -2.01. The summed E-state index contributed by atoms with van der Waals surface area (Å²) >= 11 is 6.79. The summed E-state index contributed by atoms with van der Waals surface area (Å²) in [7, 11) is 0. The standard InChI is InChI=1S/C14H14Br2N2O/c1-2-3-13-17-12(16)8-14(18-13)19-9-10-4-6-11(15)7-5-10/h4-8H,2-3,9H2,1H3. The van der Waals surface area contributed by atoms with Crippen LogP contribution in [0.5, 0.6) is 5.88 Å². The Labute approximate surface area is 129 Å². The number of hydrogen-bond donors (Lipinski definition) is 0. The second kappa shape index (κ2) is 7.01. The van der Waals surface area contributed by atoms with Crippen LogP contribution in [0.3, 0.4) is 0 Å². The quantitative estimate of drug-likeness (QED) is 0.709. The Morgan fingerprint density at radius 3 is 2.53 bits per heavy atom. The van der Waals surface area contributed by atoms with Crippen molar-refractivity contribution in [1.82, 2.24) is 9.97 Å². The average molecular weight is 386 g/mol. The van der Waals surface area contributed by atoms with Gasteiger partial charge in [0, 0.05) is 17.0 Å². The Kier molecular flexibility index (Phi) is 5.34. The van der Waals surface area contributed by atoms with Crippen LogP contribution >= 0.6 is 31.9 Å². The maximum atomic E-state index is 5.70. The first-order valence-corrected chi connectivity index (χ1v) is 7.66. The molecule has 2 rings (SSSR count). The smallest absolute Gasteiger partial charge is 0.218 e. The Morgan fingerprint density at radius 2 is 1.84 bits per heavy atom. The van der Waals surface area contributed by atoms with Crippen LogP contribution in [0.1, 0.15) is 24.7 Å². The molecule has 0 aliphatic rings. The molecule has 19 heavy (non-hydrogen) atoms. The fraction of sp³-hybridized carbons (Fsp3) is 0.286. The number of hydrogen-bond acceptors (Lipinski definition) is 3. The van der Waals surface area contributed by atoms with Gasteiger partial charge in [0.1, 0.15) is 17.0 Å². The van der Waals surface area contributed by atoms with Gasteiger partial charge in [-0.25, -0.2) is 4.98 Å². The van der Waals surface area contributed by atoms with Gasteiger partial charge in [0.2, 0.25) is 5.88 Å². The third kappa shape index (κ3) is 4.58. The third-order valence-corrected chi connectivity index (χ3v) is 3.43. The lowest BCUT2D eigenvalue weighted by molar-refractivity contribution is 0.291. The minimum absolute atomic E-state index is 0.502. The molecule has 1 aromatic carbocycles. The molecule has 0 amide bonds. The zero-order valence-corrected chi connectivity index (χ0v) is 13.7. The number of aromatic nitrogens is 2. The maximum Gasteiger partial charge on any atom is 0.218 e. The molecule has 0 N–H and O–H groups in total. The molecule has 3 nitrogen and oxygen atoms in total. The fourth-order valence-corrected chi connectivity index (χ4v) is 2.25. The Bertz CT molecular complexity index is 544. The van der Waals surface area contributed by atoms with Crippen LogP contribution in [0.4, 0.5) is 0 Å². The lowest BCUT2D eigenvalue weighted by Gasteiger charge is -2.07. The molecule has 0 atom stereocenters. The first-order valence-electron chi connectivity index (χ1n) is 6.08. The molecule has 0 spiro atoms. The van der Waals surface area contributed by atoms with Gasteiger partial charge in [-0.15, -0.1) is 0 Å². The van der Waals surface area contributed by atoms with Crippen molar-refractivity contribution in [3.63, 3.8) is 0 Å². The largest absolute Gasteiger partial charge is 0.473 e. The Morgan fingerprint density at radius 1 is 1.11 bits per heavy atom. The summed E-state index contributed by atoms with van der Waals surface area (Å²) in [5.74, 6) is 1.41. The number of nitrogens with zero attached hydrogens (tertiary/aromatic N) is 2. The summed E-state index contributed by atoms with van der Waals surface area (Å²) in [5, 5.41) is 0. The summed E-state index contributed by atoms with van der Waals surface area (Å²) in [6, 6.07) is 9.83. The molecule has 0 aliphatic carbocycles. The predicted octanol–water partition coefficient (Wildman–Crippen LogP) is 4.53. The lowest BCUT2D eigenvalue weighted by atomic mass is 10.2. The molecule has 2 aromatic rings. The summed E-state index contributed by atoms with van der Waals surface area (Å²) < 4.78 is 7.53. The van der Waals surface area contributed by atoms with E-state index >= 15 is 0 Å². The molecule has 0 saturated carbocycles. The van der Waals surface area contributed by atoms with Gasteiger partial charge in [0.05, 0.1) is 0 Å². The minimum Gasteiger partial charge on any atom is -0.473 e. The number of ether oxygens (including phenoxy) is 1. The van der Waals surface area contributed by atoms with Gasteiger partial charge < -0.3 is 4.74 Å². The normalized spacial score (nSPS) is 10.5. The van der Waals surface area contributed by atoms with Crippen LogP contribution in [0.2, 0.25) is 0 Å². The minimum atomic E-state index is 0.502. The van der Waals surface area contributed by atoms with Crippen molar-refractivity contribution in [3.05, 3.63) is 50.8 Å². The summed E-state index contributed by atoms with van der Waals surface area (Å²) in [5.41, 5.74) is 1.11. The molecule has 0 bridgehead atoms. The van der Waals surface area contributed by atoms with Gasteiger partial charge in [-0.3, -0.25) is 0 Å². The maximum absolute atomic E-state index is 5.70. The van der Waals surface area contributed by atoms with Gasteiger partial charge in [0.15, 0.2) is 0 Å². The highest BCUT2D eigenvalue weighted by Gasteiger charge is 2.04. The van der Waals surface area contributed by atoms with E-state index in [1.54, 1.807) is 6.07 Å². The summed E-state index contributed by atoms with van der Waals surface area (Å²) in [6.45, 7) is 2.61. The molecule has 1 heterocycles. The van der Waals surface area contributed by atoms with E-state index in [9.17, 15) is 0 Å². The van der Waals surface area contributed by atoms with E-state index < -0.39 is 0 Å². The highest BCUT2D eigenvalue weighted by molar-refractivity contribution is 9.10. The number of rotatable bonds is 5. The predicted molar refractivity (Wildman–Crippen MR) is 82.2 cm³/mol. The van der Waals surface area contributed by atoms with Crippen LogP contribution in [0.25, 0.3) is 0 Å². The molecular formula is C14H14Br2N2O. The van der Waals surface area contributed by atoms with Crippen LogP contribution < -0.4 is 4.74 Å². The Hall–Kier alpha value is -0.940. The molecule has 0 saturated heterocycles. The molecular weight excluding hydrogens is 372 g/mol. The first-order chi connectivity index (χ1) is 9.17. The van der Waals surface area contributed by atoms with E-state index in [4.69, 9.17) is 4.74 Å². The highest BCUT2D eigenvalue weighted by Crippen LogP contribution is 2.17. The first kappa shape index (κ1) is 14.5. The second-order valence-electron chi connectivity index (χ2n) is 4.11. The van der Waals surface area contributed by atoms with E-state index in [1.807, 2.05) is 24.3 Å². The van der Waals surface area contributed by atoms with Crippen molar-refractivity contribution in [2.45, 2.75) is 26.4 Å². The van der Waals surface area contributed by atoms with E-state index in [2.05, 4.69) is 48.8 Å². The number of aryl methyl sites for hydroxylation is 1. The molecule has 1 aromatic heterocycles. The van der Waals surface area contributed by atoms with E-state index in [0.29, 0.717) is 12.5 Å². The number of halogens is 2. The van der Waals surface area contributed by atoms with Crippen molar-refractivity contribution in [3.8, 4) is 5.88 Å². The monoisotopic (exact) mass is 384 g/mol. The van der Waals surface area contributed by atoms with Crippen molar-refractivity contribution in [2.24, 2.45) is 0 Å². The van der Waals surface area contributed by atoms with Gasteiger partial charge >= 0.3 is 0 Å². The van der Waals surface area contributed by atoms with Crippen molar-refractivity contribution in [2.75, 3.05) is 0 Å². The topological polar surface area (TPSA) is 35.0 Å². The van der Waals surface area contributed by atoms with Gasteiger partial charge in [0.25, 0.3) is 0 Å². The van der Waals surface area contributed by atoms with Crippen molar-refractivity contribution >= 4 is 31.9 Å². The summed E-state index contributed by atoms with van der Waals surface area (Å²) in [4.78, 5) is 8.69. The Balaban J connectivity index is 2.04. The SMILES string of the molecule is CCCc1nc(Br)cc(OCc2ccc(Br)cc2)n1. The molecule has 0 unspecified atom stereocenters. The van der Waals surface area contributed by atoms with E-state index in [1.165, 1.54) is 0 Å². The third-order valence-electron chi connectivity index (χ3n) is 2.49. The van der Waals surface area contributed by atoms with E-state index in [0.717, 1.165) is 33.3 Å². The van der Waals surface area contributed by atoms with Gasteiger partial charge in [-0.05, 0) is 40.0 Å². The summed E-state index contributed by atoms with van der Waals surface area (Å²) in [6.07, 6.45) is 1.87. The highest BCUT2D eigenvalue weighted by atomic mass is 79.9. The van der Waals surface area contributed by atoms with Gasteiger partial charge in [-0.1, -0.05) is 35.0 Å². The van der Waals surface area contributed by atoms with Crippen LogP contribution in [0, 0.1) is 0 Å². The van der Waals surface area contributed by atoms with Crippen molar-refractivity contribution in [1.29, 1.82) is 0 Å². The molecule has 0 fully saturated rings. The molecule has 5 heteroatoms. The van der Waals surface area contributed by atoms with Crippen LogP contribution in [0.15, 0.2) is 39.4 Å². The zero-order chi connectivity index (χ0) is 13.7. The van der Waals surface area contributed by atoms with Crippen LogP contribution in [-0.2, 0) is 13.0 Å². The van der Waals surface area contributed by atoms with Gasteiger partial charge in [-0.2, -0.15) is 4.98 Å². The molecule has 100 valence electrons. The molecule has 0 aliphatic heterocycles. The average Bonchev–Trinajstić information content (AvgIpc) is 2.38. The second-order valence-corrected chi connectivity index (χ2v) is 5.84. The number of benzene rings is 1. The van der Waals surface area contributed by atoms with Crippen LogP contribution in [-0.4, -0.2) is 9.97 Å². The molecule has 0 radical (unpaired) electrons. The van der Waals surface area contributed by atoms with E-state index in [-0.39, 0.29) is 0 Å². The zero-order valence-electron chi connectivity index (χ0n) is 10.6.